The monoisotopic (exact) mass is 376 g/mol. The molecule has 1 N–H and O–H groups in total. The molecule has 8 heteroatoms. The molecule has 0 aliphatic heterocycles. The van der Waals surface area contributed by atoms with Gasteiger partial charge in [0.2, 0.25) is 0 Å². The van der Waals surface area contributed by atoms with Crippen molar-refractivity contribution in [3.05, 3.63) is 42.6 Å². The molecule has 1 aliphatic carbocycles. The maximum Gasteiger partial charge on any atom is 0.573 e. The standard InChI is InChI=1S/C19H19F3N4O/c20-19(21,22)27-16-8-4-5-13(11-16)18-25-24-17-10-9-15(12-26(17)18)23-14-6-2-1-3-7-14/h4-5,8-12,14,23H,1-3,6-7H2. The molecule has 0 atom stereocenters. The molecule has 0 bridgehead atoms. The molecule has 4 rings (SSSR count). The molecule has 0 amide bonds. The van der Waals surface area contributed by atoms with Crippen molar-refractivity contribution >= 4 is 11.3 Å². The summed E-state index contributed by atoms with van der Waals surface area (Å²) in [5.41, 5.74) is 2.07. The number of alkyl halides is 3. The van der Waals surface area contributed by atoms with E-state index in [0.29, 0.717) is 23.1 Å². The van der Waals surface area contributed by atoms with Crippen molar-refractivity contribution in [2.45, 2.75) is 44.5 Å². The first kappa shape index (κ1) is 17.6. The van der Waals surface area contributed by atoms with E-state index in [2.05, 4.69) is 20.3 Å². The van der Waals surface area contributed by atoms with Crippen LogP contribution in [0, 0.1) is 0 Å². The van der Waals surface area contributed by atoms with Gasteiger partial charge in [0.15, 0.2) is 11.5 Å². The number of pyridine rings is 1. The molecule has 0 radical (unpaired) electrons. The zero-order valence-corrected chi connectivity index (χ0v) is 14.5. The predicted molar refractivity (Wildman–Crippen MR) is 95.6 cm³/mol. The van der Waals surface area contributed by atoms with Crippen LogP contribution in [0.2, 0.25) is 0 Å². The van der Waals surface area contributed by atoms with Crippen molar-refractivity contribution in [1.29, 1.82) is 0 Å². The number of rotatable bonds is 4. The third-order valence-electron chi connectivity index (χ3n) is 4.70. The second-order valence-electron chi connectivity index (χ2n) is 6.72. The van der Waals surface area contributed by atoms with Gasteiger partial charge in [0, 0.05) is 17.8 Å². The molecule has 1 saturated carbocycles. The van der Waals surface area contributed by atoms with Crippen molar-refractivity contribution in [2.24, 2.45) is 0 Å². The van der Waals surface area contributed by atoms with E-state index in [4.69, 9.17) is 0 Å². The molecule has 1 fully saturated rings. The molecular formula is C19H19F3N4O. The summed E-state index contributed by atoms with van der Waals surface area (Å²) in [6, 6.07) is 9.99. The van der Waals surface area contributed by atoms with Crippen molar-refractivity contribution in [3.8, 4) is 17.1 Å². The highest BCUT2D eigenvalue weighted by atomic mass is 19.4. The predicted octanol–water partition coefficient (Wildman–Crippen LogP) is 5.04. The molecular weight excluding hydrogens is 357 g/mol. The van der Waals surface area contributed by atoms with Crippen LogP contribution in [0.15, 0.2) is 42.6 Å². The van der Waals surface area contributed by atoms with Crippen LogP contribution in [0.5, 0.6) is 5.75 Å². The van der Waals surface area contributed by atoms with E-state index < -0.39 is 6.36 Å². The van der Waals surface area contributed by atoms with Gasteiger partial charge >= 0.3 is 6.36 Å². The lowest BCUT2D eigenvalue weighted by atomic mass is 9.95. The first-order valence-electron chi connectivity index (χ1n) is 8.95. The fraction of sp³-hybridized carbons (Fsp3) is 0.368. The average Bonchev–Trinajstić information content (AvgIpc) is 3.05. The smallest absolute Gasteiger partial charge is 0.406 e. The van der Waals surface area contributed by atoms with E-state index in [9.17, 15) is 13.2 Å². The van der Waals surface area contributed by atoms with Crippen LogP contribution in [0.25, 0.3) is 17.0 Å². The van der Waals surface area contributed by atoms with Gasteiger partial charge in [0.25, 0.3) is 0 Å². The summed E-state index contributed by atoms with van der Waals surface area (Å²) in [7, 11) is 0. The summed E-state index contributed by atoms with van der Waals surface area (Å²) in [5.74, 6) is 0.179. The summed E-state index contributed by atoms with van der Waals surface area (Å²) in [6.45, 7) is 0. The molecule has 27 heavy (non-hydrogen) atoms. The molecule has 2 heterocycles. The Hall–Kier alpha value is -2.77. The van der Waals surface area contributed by atoms with Crippen molar-refractivity contribution in [3.63, 3.8) is 0 Å². The highest BCUT2D eigenvalue weighted by molar-refractivity contribution is 5.63. The van der Waals surface area contributed by atoms with Crippen LogP contribution in [0.3, 0.4) is 0 Å². The normalized spacial score (nSPS) is 15.8. The highest BCUT2D eigenvalue weighted by Crippen LogP contribution is 2.28. The number of benzene rings is 1. The lowest BCUT2D eigenvalue weighted by molar-refractivity contribution is -0.274. The number of fused-ring (bicyclic) bond motifs is 1. The number of nitrogens with one attached hydrogen (secondary N) is 1. The number of ether oxygens (including phenoxy) is 1. The number of hydrogen-bond donors (Lipinski definition) is 1. The Morgan fingerprint density at radius 1 is 1.04 bits per heavy atom. The summed E-state index contributed by atoms with van der Waals surface area (Å²) in [6.07, 6.45) is 3.17. The van der Waals surface area contributed by atoms with Crippen LogP contribution >= 0.6 is 0 Å². The van der Waals surface area contributed by atoms with E-state index in [1.54, 1.807) is 10.5 Å². The van der Waals surface area contributed by atoms with Gasteiger partial charge in [-0.1, -0.05) is 31.4 Å². The molecule has 2 aromatic heterocycles. The largest absolute Gasteiger partial charge is 0.573 e. The zero-order chi connectivity index (χ0) is 18.9. The molecule has 0 unspecified atom stereocenters. The minimum Gasteiger partial charge on any atom is -0.406 e. The zero-order valence-electron chi connectivity index (χ0n) is 14.5. The van der Waals surface area contributed by atoms with E-state index in [0.717, 1.165) is 18.5 Å². The van der Waals surface area contributed by atoms with Crippen LogP contribution < -0.4 is 10.1 Å². The number of hydrogen-bond acceptors (Lipinski definition) is 4. The topological polar surface area (TPSA) is 51.5 Å². The Morgan fingerprint density at radius 2 is 1.85 bits per heavy atom. The van der Waals surface area contributed by atoms with E-state index >= 15 is 0 Å². The summed E-state index contributed by atoms with van der Waals surface area (Å²) >= 11 is 0. The molecule has 0 spiro atoms. The molecule has 5 nitrogen and oxygen atoms in total. The summed E-state index contributed by atoms with van der Waals surface area (Å²) in [5, 5.41) is 11.8. The first-order chi connectivity index (χ1) is 13.0. The van der Waals surface area contributed by atoms with Gasteiger partial charge in [0.1, 0.15) is 5.75 Å². The van der Waals surface area contributed by atoms with E-state index in [1.165, 1.54) is 37.5 Å². The van der Waals surface area contributed by atoms with Gasteiger partial charge < -0.3 is 10.1 Å². The van der Waals surface area contributed by atoms with Crippen LogP contribution in [0.4, 0.5) is 18.9 Å². The van der Waals surface area contributed by atoms with Crippen LogP contribution in [0.1, 0.15) is 32.1 Å². The van der Waals surface area contributed by atoms with Crippen LogP contribution in [-0.2, 0) is 0 Å². The fourth-order valence-electron chi connectivity index (χ4n) is 3.49. The van der Waals surface area contributed by atoms with Gasteiger partial charge in [-0.05, 0) is 37.1 Å². The number of anilines is 1. The maximum atomic E-state index is 12.5. The van der Waals surface area contributed by atoms with Crippen molar-refractivity contribution < 1.29 is 17.9 Å². The Bertz CT molecular complexity index is 932. The Labute approximate surface area is 154 Å². The Morgan fingerprint density at radius 3 is 2.63 bits per heavy atom. The minimum atomic E-state index is -4.73. The molecule has 1 aromatic carbocycles. The van der Waals surface area contributed by atoms with Crippen LogP contribution in [-0.4, -0.2) is 27.0 Å². The van der Waals surface area contributed by atoms with E-state index in [1.807, 2.05) is 18.3 Å². The van der Waals surface area contributed by atoms with Gasteiger partial charge in [-0.25, -0.2) is 0 Å². The van der Waals surface area contributed by atoms with E-state index in [-0.39, 0.29) is 5.75 Å². The van der Waals surface area contributed by atoms with Crippen molar-refractivity contribution in [2.75, 3.05) is 5.32 Å². The van der Waals surface area contributed by atoms with Gasteiger partial charge in [-0.15, -0.1) is 23.4 Å². The lowest BCUT2D eigenvalue weighted by Crippen LogP contribution is -2.22. The van der Waals surface area contributed by atoms with Gasteiger partial charge in [-0.3, -0.25) is 4.40 Å². The lowest BCUT2D eigenvalue weighted by Gasteiger charge is -2.23. The Balaban J connectivity index is 1.64. The second-order valence-corrected chi connectivity index (χ2v) is 6.72. The van der Waals surface area contributed by atoms with Gasteiger partial charge in [0.05, 0.1) is 5.69 Å². The summed E-state index contributed by atoms with van der Waals surface area (Å²) < 4.78 is 43.2. The number of nitrogens with zero attached hydrogens (tertiary/aromatic N) is 3. The molecule has 1 aliphatic rings. The SMILES string of the molecule is FC(F)(F)Oc1cccc(-c2nnc3ccc(NC4CCCCC4)cn23)c1. The molecule has 0 saturated heterocycles. The first-order valence-corrected chi connectivity index (χ1v) is 8.95. The Kier molecular flexibility index (Phi) is 4.63. The van der Waals surface area contributed by atoms with Crippen molar-refractivity contribution in [1.82, 2.24) is 14.6 Å². The highest BCUT2D eigenvalue weighted by Gasteiger charge is 2.31. The maximum absolute atomic E-state index is 12.5. The third-order valence-corrected chi connectivity index (χ3v) is 4.70. The van der Waals surface area contributed by atoms with Gasteiger partial charge in [-0.2, -0.15) is 0 Å². The second kappa shape index (κ2) is 7.09. The average molecular weight is 376 g/mol. The molecule has 3 aromatic rings. The number of aromatic nitrogens is 3. The third kappa shape index (κ3) is 4.15. The fourth-order valence-corrected chi connectivity index (χ4v) is 3.49. The minimum absolute atomic E-state index is 0.284. The summed E-state index contributed by atoms with van der Waals surface area (Å²) in [4.78, 5) is 0. The number of halogens is 3. The quantitative estimate of drug-likeness (QED) is 0.693. The molecule has 142 valence electrons.